The van der Waals surface area contributed by atoms with Crippen LogP contribution in [0.1, 0.15) is 25.3 Å². The molecular formula is C14H20ClNO2. The van der Waals surface area contributed by atoms with Gasteiger partial charge < -0.3 is 15.2 Å². The molecule has 1 aliphatic heterocycles. The Morgan fingerprint density at radius 1 is 1.44 bits per heavy atom. The molecule has 1 unspecified atom stereocenters. The molecule has 0 amide bonds. The molecule has 0 saturated carbocycles. The van der Waals surface area contributed by atoms with Crippen LogP contribution < -0.4 is 10.5 Å². The third-order valence-corrected chi connectivity index (χ3v) is 3.34. The lowest BCUT2D eigenvalue weighted by Gasteiger charge is -2.25. The molecule has 1 aromatic carbocycles. The maximum absolute atomic E-state index is 6.24. The fraction of sp³-hybridized carbons (Fsp3) is 0.571. The molecular weight excluding hydrogens is 250 g/mol. The fourth-order valence-corrected chi connectivity index (χ4v) is 2.39. The largest absolute Gasteiger partial charge is 0.488 e. The van der Waals surface area contributed by atoms with Gasteiger partial charge in [0.05, 0.1) is 18.2 Å². The van der Waals surface area contributed by atoms with Crippen molar-refractivity contribution < 1.29 is 9.47 Å². The van der Waals surface area contributed by atoms with Crippen LogP contribution >= 0.6 is 11.6 Å². The Bertz CT molecular complexity index is 389. The van der Waals surface area contributed by atoms with Gasteiger partial charge in [-0.25, -0.2) is 0 Å². The van der Waals surface area contributed by atoms with E-state index >= 15 is 0 Å². The third kappa shape index (κ3) is 3.61. The quantitative estimate of drug-likeness (QED) is 0.914. The number of para-hydroxylation sites is 1. The van der Waals surface area contributed by atoms with Crippen LogP contribution in [-0.2, 0) is 11.2 Å². The van der Waals surface area contributed by atoms with Gasteiger partial charge in [-0.2, -0.15) is 0 Å². The van der Waals surface area contributed by atoms with Gasteiger partial charge in [0.25, 0.3) is 0 Å². The molecule has 2 N–H and O–H groups in total. The second kappa shape index (κ2) is 6.41. The van der Waals surface area contributed by atoms with Crippen LogP contribution in [0.4, 0.5) is 0 Å². The third-order valence-electron chi connectivity index (χ3n) is 3.04. The Hall–Kier alpha value is -0.770. The molecule has 18 heavy (non-hydrogen) atoms. The summed E-state index contributed by atoms with van der Waals surface area (Å²) in [6.07, 6.45) is 2.82. The highest BCUT2D eigenvalue weighted by molar-refractivity contribution is 6.32. The van der Waals surface area contributed by atoms with E-state index in [2.05, 4.69) is 0 Å². The van der Waals surface area contributed by atoms with Gasteiger partial charge in [0, 0.05) is 18.9 Å². The van der Waals surface area contributed by atoms with Gasteiger partial charge in [-0.05, 0) is 25.0 Å². The lowest BCUT2D eigenvalue weighted by atomic mass is 10.1. The van der Waals surface area contributed by atoms with Crippen LogP contribution in [0.25, 0.3) is 0 Å². The van der Waals surface area contributed by atoms with Gasteiger partial charge in [-0.3, -0.25) is 0 Å². The molecule has 0 aromatic heterocycles. The highest BCUT2D eigenvalue weighted by Crippen LogP contribution is 2.31. The van der Waals surface area contributed by atoms with E-state index in [0.29, 0.717) is 5.02 Å². The molecule has 1 saturated heterocycles. The first kappa shape index (κ1) is 13.7. The summed E-state index contributed by atoms with van der Waals surface area (Å²) < 4.78 is 11.4. The van der Waals surface area contributed by atoms with E-state index in [0.717, 1.165) is 43.8 Å². The van der Waals surface area contributed by atoms with Crippen molar-refractivity contribution in [3.8, 4) is 5.75 Å². The molecule has 0 aliphatic carbocycles. The molecule has 1 aliphatic rings. The van der Waals surface area contributed by atoms with Crippen molar-refractivity contribution in [2.24, 2.45) is 5.73 Å². The lowest BCUT2D eigenvalue weighted by molar-refractivity contribution is 0.0252. The highest BCUT2D eigenvalue weighted by Gasteiger charge is 2.18. The van der Waals surface area contributed by atoms with E-state index in [1.165, 1.54) is 0 Å². The first-order valence-corrected chi connectivity index (χ1v) is 6.82. The maximum Gasteiger partial charge on any atom is 0.141 e. The number of rotatable bonds is 4. The zero-order chi connectivity index (χ0) is 13.0. The van der Waals surface area contributed by atoms with Gasteiger partial charge in [0.2, 0.25) is 0 Å². The molecule has 0 radical (unpaired) electrons. The van der Waals surface area contributed by atoms with E-state index < -0.39 is 0 Å². The van der Waals surface area contributed by atoms with E-state index in [4.69, 9.17) is 26.8 Å². The summed E-state index contributed by atoms with van der Waals surface area (Å²) >= 11 is 6.24. The van der Waals surface area contributed by atoms with E-state index in [1.54, 1.807) is 0 Å². The normalized spacial score (nSPS) is 18.6. The molecule has 1 aromatic rings. The summed E-state index contributed by atoms with van der Waals surface area (Å²) in [6.45, 7) is 3.51. The van der Waals surface area contributed by atoms with Crippen LogP contribution in [0.5, 0.6) is 5.75 Å². The van der Waals surface area contributed by atoms with Gasteiger partial charge >= 0.3 is 0 Å². The SMILES string of the molecule is CC(N)Cc1cccc(Cl)c1OC1CCOCC1. The molecule has 1 heterocycles. The van der Waals surface area contributed by atoms with E-state index in [1.807, 2.05) is 25.1 Å². The number of benzene rings is 1. The van der Waals surface area contributed by atoms with Gasteiger partial charge in [0.15, 0.2) is 0 Å². The Labute approximate surface area is 113 Å². The summed E-state index contributed by atoms with van der Waals surface area (Å²) in [7, 11) is 0. The number of halogens is 1. The topological polar surface area (TPSA) is 44.5 Å². The molecule has 2 rings (SSSR count). The van der Waals surface area contributed by atoms with Crippen LogP contribution in [0.3, 0.4) is 0 Å². The smallest absolute Gasteiger partial charge is 0.141 e. The standard InChI is InChI=1S/C14H20ClNO2/c1-10(16)9-11-3-2-4-13(15)14(11)18-12-5-7-17-8-6-12/h2-4,10,12H,5-9,16H2,1H3. The number of hydrogen-bond acceptors (Lipinski definition) is 3. The summed E-state index contributed by atoms with van der Waals surface area (Å²) in [6, 6.07) is 5.93. The summed E-state index contributed by atoms with van der Waals surface area (Å²) in [5.74, 6) is 0.795. The maximum atomic E-state index is 6.24. The molecule has 3 nitrogen and oxygen atoms in total. The Balaban J connectivity index is 2.13. The van der Waals surface area contributed by atoms with Crippen molar-refractivity contribution >= 4 is 11.6 Å². The fourth-order valence-electron chi connectivity index (χ4n) is 2.15. The second-order valence-corrected chi connectivity index (χ2v) is 5.25. The lowest BCUT2D eigenvalue weighted by Crippen LogP contribution is -2.27. The molecule has 4 heteroatoms. The summed E-state index contributed by atoms with van der Waals surface area (Å²) in [5, 5.41) is 0.666. The Kier molecular flexibility index (Phi) is 4.87. The average molecular weight is 270 g/mol. The zero-order valence-corrected chi connectivity index (χ0v) is 11.5. The van der Waals surface area contributed by atoms with Crippen molar-refractivity contribution in [3.63, 3.8) is 0 Å². The van der Waals surface area contributed by atoms with Crippen molar-refractivity contribution in [2.45, 2.75) is 38.3 Å². The molecule has 0 bridgehead atoms. The number of ether oxygens (including phenoxy) is 2. The van der Waals surface area contributed by atoms with E-state index in [9.17, 15) is 0 Å². The van der Waals surface area contributed by atoms with Gasteiger partial charge in [0.1, 0.15) is 11.9 Å². The Morgan fingerprint density at radius 3 is 2.83 bits per heavy atom. The minimum Gasteiger partial charge on any atom is -0.488 e. The summed E-state index contributed by atoms with van der Waals surface area (Å²) in [5.41, 5.74) is 6.94. The predicted molar refractivity (Wildman–Crippen MR) is 73.3 cm³/mol. The van der Waals surface area contributed by atoms with Gasteiger partial charge in [-0.15, -0.1) is 0 Å². The number of hydrogen-bond donors (Lipinski definition) is 1. The predicted octanol–water partition coefficient (Wildman–Crippen LogP) is 2.79. The highest BCUT2D eigenvalue weighted by atomic mass is 35.5. The van der Waals surface area contributed by atoms with Crippen molar-refractivity contribution in [3.05, 3.63) is 28.8 Å². The van der Waals surface area contributed by atoms with Crippen LogP contribution in [0.2, 0.25) is 5.02 Å². The summed E-state index contributed by atoms with van der Waals surface area (Å²) in [4.78, 5) is 0. The van der Waals surface area contributed by atoms with Crippen LogP contribution in [0.15, 0.2) is 18.2 Å². The minimum absolute atomic E-state index is 0.0977. The number of nitrogens with two attached hydrogens (primary N) is 1. The molecule has 0 spiro atoms. The molecule has 1 atom stereocenters. The Morgan fingerprint density at radius 2 is 2.17 bits per heavy atom. The average Bonchev–Trinajstić information content (AvgIpc) is 2.34. The zero-order valence-electron chi connectivity index (χ0n) is 10.7. The second-order valence-electron chi connectivity index (χ2n) is 4.84. The van der Waals surface area contributed by atoms with Crippen molar-refractivity contribution in [1.29, 1.82) is 0 Å². The van der Waals surface area contributed by atoms with Crippen LogP contribution in [-0.4, -0.2) is 25.4 Å². The first-order chi connectivity index (χ1) is 8.66. The van der Waals surface area contributed by atoms with E-state index in [-0.39, 0.29) is 12.1 Å². The first-order valence-electron chi connectivity index (χ1n) is 6.44. The van der Waals surface area contributed by atoms with Crippen molar-refractivity contribution in [2.75, 3.05) is 13.2 Å². The monoisotopic (exact) mass is 269 g/mol. The van der Waals surface area contributed by atoms with Crippen molar-refractivity contribution in [1.82, 2.24) is 0 Å². The molecule has 100 valence electrons. The molecule has 1 fully saturated rings. The van der Waals surface area contributed by atoms with Crippen LogP contribution in [0, 0.1) is 0 Å². The minimum atomic E-state index is 0.0977. The van der Waals surface area contributed by atoms with Gasteiger partial charge in [-0.1, -0.05) is 23.7 Å².